The lowest BCUT2D eigenvalue weighted by molar-refractivity contribution is 0.613. The van der Waals surface area contributed by atoms with Crippen molar-refractivity contribution in [3.05, 3.63) is 55.9 Å². The molecule has 0 aliphatic heterocycles. The Kier molecular flexibility index (Phi) is 4.54. The highest BCUT2D eigenvalue weighted by atomic mass is 79.9. The molecule has 2 aromatic rings. The van der Waals surface area contributed by atoms with Gasteiger partial charge in [0.05, 0.1) is 6.04 Å². The van der Waals surface area contributed by atoms with Crippen LogP contribution in [0.2, 0.25) is 0 Å². The van der Waals surface area contributed by atoms with Crippen LogP contribution in [-0.2, 0) is 0 Å². The second-order valence-corrected chi connectivity index (χ2v) is 5.93. The first-order valence-electron chi connectivity index (χ1n) is 5.85. The van der Waals surface area contributed by atoms with Gasteiger partial charge >= 0.3 is 0 Å². The highest BCUT2D eigenvalue weighted by Gasteiger charge is 2.19. The largest absolute Gasteiger partial charge is 0.306 e. The van der Waals surface area contributed by atoms with Crippen molar-refractivity contribution in [3.63, 3.8) is 0 Å². The van der Waals surface area contributed by atoms with Gasteiger partial charge in [-0.25, -0.2) is 4.39 Å². The highest BCUT2D eigenvalue weighted by Crippen LogP contribution is 2.34. The molecule has 0 amide bonds. The Balaban J connectivity index is 2.45. The highest BCUT2D eigenvalue weighted by molar-refractivity contribution is 9.10. The Hall–Kier alpha value is -0.710. The first-order valence-corrected chi connectivity index (χ1v) is 7.53. The zero-order chi connectivity index (χ0) is 13.1. The summed E-state index contributed by atoms with van der Waals surface area (Å²) in [5.74, 6) is -0.184. The minimum absolute atomic E-state index is 0.116. The quantitative estimate of drug-likeness (QED) is 0.861. The fourth-order valence-corrected chi connectivity index (χ4v) is 3.72. The number of rotatable bonds is 4. The van der Waals surface area contributed by atoms with E-state index in [2.05, 4.69) is 33.6 Å². The van der Waals surface area contributed by atoms with Gasteiger partial charge in [-0.15, -0.1) is 11.3 Å². The summed E-state index contributed by atoms with van der Waals surface area (Å²) in [6.45, 7) is 4.89. The molecule has 0 bridgehead atoms. The molecule has 0 aliphatic carbocycles. The first kappa shape index (κ1) is 13.7. The lowest BCUT2D eigenvalue weighted by atomic mass is 10.00. The van der Waals surface area contributed by atoms with E-state index in [-0.39, 0.29) is 11.9 Å². The van der Waals surface area contributed by atoms with Crippen LogP contribution in [0, 0.1) is 12.7 Å². The van der Waals surface area contributed by atoms with E-state index in [1.165, 1.54) is 10.9 Å². The molecule has 0 aliphatic rings. The Morgan fingerprint density at radius 1 is 1.39 bits per heavy atom. The predicted octanol–water partition coefficient (Wildman–Crippen LogP) is 4.66. The number of hydrogen-bond donors (Lipinski definition) is 1. The van der Waals surface area contributed by atoms with Crippen LogP contribution >= 0.6 is 27.3 Å². The Labute approximate surface area is 119 Å². The van der Waals surface area contributed by atoms with Gasteiger partial charge in [-0.1, -0.05) is 13.0 Å². The number of thiophene rings is 1. The van der Waals surface area contributed by atoms with E-state index in [1.54, 1.807) is 17.4 Å². The van der Waals surface area contributed by atoms with Crippen molar-refractivity contribution in [2.45, 2.75) is 19.9 Å². The van der Waals surface area contributed by atoms with Gasteiger partial charge in [-0.3, -0.25) is 0 Å². The lowest BCUT2D eigenvalue weighted by Gasteiger charge is -2.20. The Morgan fingerprint density at radius 2 is 2.17 bits per heavy atom. The topological polar surface area (TPSA) is 12.0 Å². The summed E-state index contributed by atoms with van der Waals surface area (Å²) < 4.78 is 14.3. The number of nitrogens with one attached hydrogen (secondary N) is 1. The van der Waals surface area contributed by atoms with Crippen LogP contribution in [0.1, 0.15) is 29.0 Å². The lowest BCUT2D eigenvalue weighted by Crippen LogP contribution is -2.22. The second-order valence-electron chi connectivity index (χ2n) is 4.12. The minimum Gasteiger partial charge on any atom is -0.306 e. The smallest absolute Gasteiger partial charge is 0.123 e. The zero-order valence-electron chi connectivity index (χ0n) is 10.3. The van der Waals surface area contributed by atoms with E-state index < -0.39 is 0 Å². The van der Waals surface area contributed by atoms with E-state index in [1.807, 2.05) is 19.1 Å². The monoisotopic (exact) mass is 327 g/mol. The summed E-state index contributed by atoms with van der Waals surface area (Å²) in [6.07, 6.45) is 0. The van der Waals surface area contributed by atoms with E-state index in [0.29, 0.717) is 0 Å². The maximum absolute atomic E-state index is 13.2. The van der Waals surface area contributed by atoms with Gasteiger partial charge in [-0.2, -0.15) is 0 Å². The molecule has 1 nitrogen and oxygen atoms in total. The van der Waals surface area contributed by atoms with Crippen molar-refractivity contribution in [2.24, 2.45) is 0 Å². The molecule has 1 unspecified atom stereocenters. The molecule has 1 heterocycles. The Morgan fingerprint density at radius 3 is 2.72 bits per heavy atom. The molecule has 2 rings (SSSR count). The zero-order valence-corrected chi connectivity index (χ0v) is 12.7. The van der Waals surface area contributed by atoms with Crippen LogP contribution in [0.4, 0.5) is 4.39 Å². The number of benzene rings is 1. The molecule has 0 saturated heterocycles. The third-order valence-electron chi connectivity index (χ3n) is 2.86. The molecule has 1 aromatic carbocycles. The van der Waals surface area contributed by atoms with Gasteiger partial charge in [0, 0.05) is 9.35 Å². The van der Waals surface area contributed by atoms with Gasteiger partial charge in [-0.05, 0) is 64.1 Å². The summed E-state index contributed by atoms with van der Waals surface area (Å²) in [6, 6.07) is 7.13. The molecule has 18 heavy (non-hydrogen) atoms. The number of halogens is 2. The summed E-state index contributed by atoms with van der Waals surface area (Å²) >= 11 is 5.27. The molecule has 4 heteroatoms. The van der Waals surface area contributed by atoms with E-state index in [4.69, 9.17) is 0 Å². The first-order chi connectivity index (χ1) is 8.63. The molecule has 96 valence electrons. The van der Waals surface area contributed by atoms with Crippen LogP contribution in [0.5, 0.6) is 0 Å². The van der Waals surface area contributed by atoms with E-state index in [0.717, 1.165) is 22.1 Å². The fourth-order valence-electron chi connectivity index (χ4n) is 2.02. The average Bonchev–Trinajstić information content (AvgIpc) is 2.73. The minimum atomic E-state index is -0.184. The second kappa shape index (κ2) is 5.95. The SMILES string of the molecule is CCNC(c1ccc(F)cc1C)c1sccc1Br. The summed E-state index contributed by atoms with van der Waals surface area (Å²) in [5.41, 5.74) is 2.10. The normalized spacial score (nSPS) is 12.7. The summed E-state index contributed by atoms with van der Waals surface area (Å²) in [4.78, 5) is 1.23. The van der Waals surface area contributed by atoms with Crippen LogP contribution in [0.15, 0.2) is 34.1 Å². The van der Waals surface area contributed by atoms with Crippen molar-refractivity contribution in [1.82, 2.24) is 5.32 Å². The maximum Gasteiger partial charge on any atom is 0.123 e. The molecule has 1 N–H and O–H groups in total. The molecule has 0 fully saturated rings. The van der Waals surface area contributed by atoms with Gasteiger partial charge in [0.15, 0.2) is 0 Å². The van der Waals surface area contributed by atoms with Crippen LogP contribution in [0.3, 0.4) is 0 Å². The van der Waals surface area contributed by atoms with Gasteiger partial charge in [0.2, 0.25) is 0 Å². The predicted molar refractivity (Wildman–Crippen MR) is 78.7 cm³/mol. The van der Waals surface area contributed by atoms with Crippen LogP contribution in [0.25, 0.3) is 0 Å². The summed E-state index contributed by atoms with van der Waals surface area (Å²) in [7, 11) is 0. The molecule has 0 radical (unpaired) electrons. The maximum atomic E-state index is 13.2. The molecule has 1 aromatic heterocycles. The van der Waals surface area contributed by atoms with Gasteiger partial charge in [0.1, 0.15) is 5.82 Å². The van der Waals surface area contributed by atoms with Crippen molar-refractivity contribution < 1.29 is 4.39 Å². The van der Waals surface area contributed by atoms with Crippen molar-refractivity contribution >= 4 is 27.3 Å². The molecular weight excluding hydrogens is 313 g/mol. The average molecular weight is 328 g/mol. The third-order valence-corrected chi connectivity index (χ3v) is 4.79. The standard InChI is InChI=1S/C14H15BrFNS/c1-3-17-13(14-12(15)6-7-18-14)11-5-4-10(16)8-9(11)2/h4-8,13,17H,3H2,1-2H3. The molecule has 1 atom stereocenters. The van der Waals surface area contributed by atoms with Crippen LogP contribution < -0.4 is 5.32 Å². The van der Waals surface area contributed by atoms with E-state index >= 15 is 0 Å². The van der Waals surface area contributed by atoms with Crippen LogP contribution in [-0.4, -0.2) is 6.54 Å². The summed E-state index contributed by atoms with van der Waals surface area (Å²) in [5, 5.41) is 5.52. The molecule has 0 spiro atoms. The molecule has 0 saturated carbocycles. The third kappa shape index (κ3) is 2.82. The number of aryl methyl sites for hydroxylation is 1. The Bertz CT molecular complexity index is 538. The van der Waals surface area contributed by atoms with Gasteiger partial charge < -0.3 is 5.32 Å². The van der Waals surface area contributed by atoms with Gasteiger partial charge in [0.25, 0.3) is 0 Å². The van der Waals surface area contributed by atoms with Crippen molar-refractivity contribution in [2.75, 3.05) is 6.54 Å². The number of hydrogen-bond acceptors (Lipinski definition) is 2. The van der Waals surface area contributed by atoms with E-state index in [9.17, 15) is 4.39 Å². The van der Waals surface area contributed by atoms with Crippen molar-refractivity contribution in [1.29, 1.82) is 0 Å². The van der Waals surface area contributed by atoms with Crippen molar-refractivity contribution in [3.8, 4) is 0 Å². The molecular formula is C14H15BrFNS. The fraction of sp³-hybridized carbons (Fsp3) is 0.286.